The first-order valence-corrected chi connectivity index (χ1v) is 17.0. The molecule has 9 heteroatoms. The predicted molar refractivity (Wildman–Crippen MR) is 184 cm³/mol. The summed E-state index contributed by atoms with van der Waals surface area (Å²) in [6.45, 7) is 5.05. The molecule has 49 heavy (non-hydrogen) atoms. The molecule has 1 unspecified atom stereocenters. The second-order valence-corrected chi connectivity index (χ2v) is 13.0. The third-order valence-electron chi connectivity index (χ3n) is 9.79. The number of nitrogens with zero attached hydrogens (tertiary/aromatic N) is 1. The molecule has 0 aromatic heterocycles. The fraction of sp³-hybridized carbons (Fsp3) is 0.350. The van der Waals surface area contributed by atoms with Crippen LogP contribution in [0.4, 0.5) is 5.69 Å². The van der Waals surface area contributed by atoms with E-state index in [-0.39, 0.29) is 36.4 Å². The number of piperidine rings is 1. The topological polar surface area (TPSA) is 107 Å². The normalized spacial score (nSPS) is 23.7. The summed E-state index contributed by atoms with van der Waals surface area (Å²) >= 11 is 0. The van der Waals surface area contributed by atoms with Gasteiger partial charge in [-0.25, -0.2) is 0 Å². The van der Waals surface area contributed by atoms with Gasteiger partial charge in [0, 0.05) is 60.8 Å². The zero-order valence-corrected chi connectivity index (χ0v) is 27.6. The van der Waals surface area contributed by atoms with Gasteiger partial charge in [0.05, 0.1) is 32.0 Å². The number of carbonyl (C=O) groups excluding carboxylic acids is 2. The predicted octanol–water partition coefficient (Wildman–Crippen LogP) is 6.41. The van der Waals surface area contributed by atoms with Crippen LogP contribution in [0, 0.1) is 0 Å². The fourth-order valence-electron chi connectivity index (χ4n) is 7.13. The first-order chi connectivity index (χ1) is 23.9. The number of benzene rings is 4. The van der Waals surface area contributed by atoms with Crippen LogP contribution in [0.1, 0.15) is 81.0 Å². The third kappa shape index (κ3) is 7.52. The Hall–Kier alpha value is -4.22. The first-order valence-electron chi connectivity index (χ1n) is 17.0. The minimum Gasteiger partial charge on any atom is -0.392 e. The monoisotopic (exact) mass is 662 g/mol. The highest BCUT2D eigenvalue weighted by molar-refractivity contribution is 6.05. The average Bonchev–Trinajstić information content (AvgIpc) is 3.60. The van der Waals surface area contributed by atoms with E-state index in [1.54, 1.807) is 36.4 Å². The first kappa shape index (κ1) is 33.3. The van der Waals surface area contributed by atoms with Gasteiger partial charge in [-0.15, -0.1) is 0 Å². The van der Waals surface area contributed by atoms with Crippen molar-refractivity contribution in [2.24, 2.45) is 0 Å². The zero-order valence-electron chi connectivity index (χ0n) is 27.6. The Morgan fingerprint density at radius 1 is 0.796 bits per heavy atom. The Balaban J connectivity index is 1.19. The van der Waals surface area contributed by atoms with Crippen molar-refractivity contribution in [3.8, 4) is 0 Å². The van der Waals surface area contributed by atoms with Gasteiger partial charge < -0.3 is 34.3 Å². The summed E-state index contributed by atoms with van der Waals surface area (Å²) in [7, 11) is 0. The maximum absolute atomic E-state index is 13.4. The van der Waals surface area contributed by atoms with Crippen molar-refractivity contribution in [2.45, 2.75) is 56.6 Å². The van der Waals surface area contributed by atoms with Crippen LogP contribution in [0.25, 0.3) is 0 Å². The number of hydrogen-bond acceptors (Lipinski definition) is 8. The second-order valence-electron chi connectivity index (χ2n) is 13.0. The molecular weight excluding hydrogens is 620 g/mol. The SMILES string of the molecule is CC(=O)c1cccc(NC(=O)c2cccc(C3O[C@H](CN4CCC5(CC4)OCCO5)[C@@H](c4ccccc4)[C@H](c4ccc(CO)cc4)O3)c2)c1. The van der Waals surface area contributed by atoms with Crippen LogP contribution in [-0.4, -0.2) is 66.4 Å². The molecule has 1 amide bonds. The smallest absolute Gasteiger partial charge is 0.255 e. The van der Waals surface area contributed by atoms with E-state index in [1.807, 2.05) is 54.6 Å². The van der Waals surface area contributed by atoms with Gasteiger partial charge in [0.15, 0.2) is 17.9 Å². The highest BCUT2D eigenvalue weighted by Gasteiger charge is 2.45. The van der Waals surface area contributed by atoms with E-state index < -0.39 is 12.1 Å². The number of ketones is 1. The van der Waals surface area contributed by atoms with Gasteiger partial charge in [-0.2, -0.15) is 0 Å². The molecule has 4 atom stereocenters. The number of Topliss-reactive ketones (excluding diaryl/α,β-unsaturated/α-hetero) is 1. The minimum atomic E-state index is -0.751. The van der Waals surface area contributed by atoms with Crippen molar-refractivity contribution >= 4 is 17.4 Å². The Labute approximate surface area is 286 Å². The number of anilines is 1. The molecule has 2 N–H and O–H groups in total. The lowest BCUT2D eigenvalue weighted by Crippen LogP contribution is -2.50. The molecule has 3 fully saturated rings. The van der Waals surface area contributed by atoms with E-state index in [2.05, 4.69) is 22.3 Å². The summed E-state index contributed by atoms with van der Waals surface area (Å²) < 4.78 is 25.8. The van der Waals surface area contributed by atoms with Gasteiger partial charge in [-0.1, -0.05) is 78.9 Å². The average molecular weight is 663 g/mol. The maximum Gasteiger partial charge on any atom is 0.255 e. The summed E-state index contributed by atoms with van der Waals surface area (Å²) in [5.74, 6) is -0.975. The van der Waals surface area contributed by atoms with Gasteiger partial charge in [0.2, 0.25) is 0 Å². The van der Waals surface area contributed by atoms with Crippen molar-refractivity contribution in [2.75, 3.05) is 38.2 Å². The van der Waals surface area contributed by atoms with Crippen molar-refractivity contribution in [1.82, 2.24) is 4.90 Å². The van der Waals surface area contributed by atoms with E-state index in [0.29, 0.717) is 36.6 Å². The van der Waals surface area contributed by atoms with Crippen molar-refractivity contribution in [1.29, 1.82) is 0 Å². The molecule has 9 nitrogen and oxygen atoms in total. The molecule has 0 saturated carbocycles. The quantitative estimate of drug-likeness (QED) is 0.198. The minimum absolute atomic E-state index is 0.0416. The molecule has 3 saturated heterocycles. The largest absolute Gasteiger partial charge is 0.392 e. The van der Waals surface area contributed by atoms with Gasteiger partial charge in [-0.05, 0) is 47.9 Å². The lowest BCUT2D eigenvalue weighted by atomic mass is 9.82. The number of rotatable bonds is 9. The zero-order chi connectivity index (χ0) is 33.8. The van der Waals surface area contributed by atoms with Crippen LogP contribution in [0.15, 0.2) is 103 Å². The van der Waals surface area contributed by atoms with Crippen molar-refractivity contribution in [3.63, 3.8) is 0 Å². The number of likely N-dealkylation sites (tertiary alicyclic amines) is 1. The van der Waals surface area contributed by atoms with Gasteiger partial charge in [0.25, 0.3) is 5.91 Å². The molecule has 4 aromatic rings. The van der Waals surface area contributed by atoms with E-state index in [1.165, 1.54) is 6.92 Å². The van der Waals surface area contributed by atoms with Gasteiger partial charge >= 0.3 is 0 Å². The summed E-state index contributed by atoms with van der Waals surface area (Å²) in [4.78, 5) is 27.7. The lowest BCUT2D eigenvalue weighted by molar-refractivity contribution is -0.265. The van der Waals surface area contributed by atoms with E-state index in [4.69, 9.17) is 18.9 Å². The molecule has 1 spiro atoms. The Morgan fingerprint density at radius 2 is 1.49 bits per heavy atom. The van der Waals surface area contributed by atoms with Crippen LogP contribution < -0.4 is 5.32 Å². The highest BCUT2D eigenvalue weighted by Crippen LogP contribution is 2.47. The Bertz CT molecular complexity index is 1750. The molecule has 0 bridgehead atoms. The number of hydrogen-bond donors (Lipinski definition) is 2. The molecule has 3 aliphatic heterocycles. The number of ether oxygens (including phenoxy) is 4. The van der Waals surface area contributed by atoms with Crippen LogP contribution in [0.5, 0.6) is 0 Å². The summed E-state index contributed by atoms with van der Waals surface area (Å²) in [6.07, 6.45) is 0.222. The van der Waals surface area contributed by atoms with Crippen LogP contribution in [0.3, 0.4) is 0 Å². The highest BCUT2D eigenvalue weighted by atomic mass is 16.7. The summed E-state index contributed by atoms with van der Waals surface area (Å²) in [5.41, 5.74) is 5.16. The summed E-state index contributed by atoms with van der Waals surface area (Å²) in [5, 5.41) is 12.7. The summed E-state index contributed by atoms with van der Waals surface area (Å²) in [6, 6.07) is 32.4. The Kier molecular flexibility index (Phi) is 10.00. The van der Waals surface area contributed by atoms with Crippen LogP contribution in [-0.2, 0) is 25.6 Å². The molecule has 3 heterocycles. The number of carbonyl (C=O) groups is 2. The standard InChI is InChI=1S/C40H42N2O7/c1-27(44)31-9-6-12-34(24-31)41-38(45)32-10-5-11-33(23-32)39-48-35(25-42-19-17-40(18-20-42)46-21-22-47-40)36(29-7-3-2-4-8-29)37(49-39)30-15-13-28(26-43)14-16-30/h2-16,23-24,35-37,39,43H,17-22,25-26H2,1H3,(H,41,45)/t35-,36-,37+,39?/m1/s1. The molecular formula is C40H42N2O7. The van der Waals surface area contributed by atoms with Crippen molar-refractivity contribution < 1.29 is 33.6 Å². The van der Waals surface area contributed by atoms with Gasteiger partial charge in [0.1, 0.15) is 0 Å². The van der Waals surface area contributed by atoms with Gasteiger partial charge in [-0.3, -0.25) is 9.59 Å². The molecule has 7 rings (SSSR count). The molecule has 0 aliphatic carbocycles. The van der Waals surface area contributed by atoms with E-state index >= 15 is 0 Å². The number of aliphatic hydroxyl groups excluding tert-OH is 1. The number of aliphatic hydroxyl groups is 1. The molecule has 4 aromatic carbocycles. The number of amides is 1. The maximum atomic E-state index is 13.4. The molecule has 0 radical (unpaired) electrons. The fourth-order valence-corrected chi connectivity index (χ4v) is 7.13. The Morgan fingerprint density at radius 3 is 2.20 bits per heavy atom. The second kappa shape index (κ2) is 14.7. The molecule has 3 aliphatic rings. The number of nitrogens with one attached hydrogen (secondary N) is 1. The van der Waals surface area contributed by atoms with Crippen LogP contribution in [0.2, 0.25) is 0 Å². The van der Waals surface area contributed by atoms with Crippen molar-refractivity contribution in [3.05, 3.63) is 137 Å². The lowest BCUT2D eigenvalue weighted by Gasteiger charge is -2.46. The van der Waals surface area contributed by atoms with Crippen LogP contribution >= 0.6 is 0 Å². The van der Waals surface area contributed by atoms with E-state index in [9.17, 15) is 14.7 Å². The third-order valence-corrected chi connectivity index (χ3v) is 9.79. The molecule has 254 valence electrons. The van der Waals surface area contributed by atoms with E-state index in [0.717, 1.165) is 48.2 Å².